The fourth-order valence-corrected chi connectivity index (χ4v) is 3.87. The van der Waals surface area contributed by atoms with Crippen LogP contribution in [-0.4, -0.2) is 39.5 Å². The number of likely N-dealkylation sites (tertiary alicyclic amines) is 1. The van der Waals surface area contributed by atoms with E-state index in [0.29, 0.717) is 18.1 Å². The Labute approximate surface area is 170 Å². The van der Waals surface area contributed by atoms with Gasteiger partial charge in [-0.1, -0.05) is 18.2 Å². The molecule has 1 aliphatic rings. The number of nitrogens with one attached hydrogen (secondary N) is 1. The van der Waals surface area contributed by atoms with Crippen molar-refractivity contribution in [3.63, 3.8) is 0 Å². The van der Waals surface area contributed by atoms with E-state index in [-0.39, 0.29) is 11.5 Å². The molecule has 1 fully saturated rings. The van der Waals surface area contributed by atoms with Crippen LogP contribution < -0.4 is 10.3 Å². The number of pyridine rings is 1. The molecule has 1 N–H and O–H groups in total. The molecule has 0 amide bonds. The van der Waals surface area contributed by atoms with Crippen LogP contribution >= 0.6 is 0 Å². The Morgan fingerprint density at radius 3 is 2.83 bits per heavy atom. The van der Waals surface area contributed by atoms with Gasteiger partial charge in [0, 0.05) is 31.3 Å². The Morgan fingerprint density at radius 1 is 1.21 bits per heavy atom. The van der Waals surface area contributed by atoms with Crippen LogP contribution in [0.3, 0.4) is 0 Å². The van der Waals surface area contributed by atoms with Crippen LogP contribution in [0.15, 0.2) is 59.5 Å². The number of rotatable bonds is 6. The van der Waals surface area contributed by atoms with Crippen molar-refractivity contribution in [2.45, 2.75) is 32.2 Å². The molecule has 2 aromatic heterocycles. The fourth-order valence-electron chi connectivity index (χ4n) is 3.87. The van der Waals surface area contributed by atoms with Crippen molar-refractivity contribution >= 4 is 0 Å². The van der Waals surface area contributed by atoms with E-state index in [2.05, 4.69) is 27.0 Å². The van der Waals surface area contributed by atoms with E-state index in [1.165, 1.54) is 5.56 Å². The van der Waals surface area contributed by atoms with Gasteiger partial charge in [0.05, 0.1) is 12.3 Å². The summed E-state index contributed by atoms with van der Waals surface area (Å²) in [5.41, 5.74) is 2.68. The molecule has 150 valence electrons. The number of piperidine rings is 1. The summed E-state index contributed by atoms with van der Waals surface area (Å²) in [7, 11) is 0. The van der Waals surface area contributed by atoms with Gasteiger partial charge in [0.15, 0.2) is 5.82 Å². The van der Waals surface area contributed by atoms with Gasteiger partial charge in [0.25, 0.3) is 5.56 Å². The second-order valence-electron chi connectivity index (χ2n) is 7.39. The molecule has 1 aliphatic heterocycles. The zero-order valence-corrected chi connectivity index (χ0v) is 16.7. The van der Waals surface area contributed by atoms with Gasteiger partial charge in [-0.2, -0.15) is 0 Å². The summed E-state index contributed by atoms with van der Waals surface area (Å²) in [5, 5.41) is 0. The summed E-state index contributed by atoms with van der Waals surface area (Å²) >= 11 is 0. The minimum Gasteiger partial charge on any atom is -0.494 e. The molecule has 4 rings (SSSR count). The Bertz CT molecular complexity index is 986. The summed E-state index contributed by atoms with van der Waals surface area (Å²) in [6.45, 7) is 5.51. The standard InChI is InChI=1S/C23H26N4O2/c1-2-29-19-10-8-17(9-11-19)15-27-13-5-6-18(16-27)21-14-22(28)26-23(25-21)20-7-3-4-12-24-20/h3-4,7-12,14,18H,2,5-6,13,15-16H2,1H3,(H,25,26,28)/t18-/m0/s1. The van der Waals surface area contributed by atoms with Crippen molar-refractivity contribution in [1.82, 2.24) is 19.9 Å². The third kappa shape index (κ3) is 4.90. The molecule has 1 saturated heterocycles. The normalized spacial score (nSPS) is 17.2. The molecule has 3 aromatic rings. The molecule has 0 aliphatic carbocycles. The number of hydrogen-bond acceptors (Lipinski definition) is 5. The minimum absolute atomic E-state index is 0.126. The average Bonchev–Trinajstić information content (AvgIpc) is 2.76. The maximum Gasteiger partial charge on any atom is 0.251 e. The Hall–Kier alpha value is -2.99. The Kier molecular flexibility index (Phi) is 6.00. The van der Waals surface area contributed by atoms with Gasteiger partial charge in [0.1, 0.15) is 11.4 Å². The van der Waals surface area contributed by atoms with E-state index in [1.54, 1.807) is 12.3 Å². The van der Waals surface area contributed by atoms with E-state index in [1.807, 2.05) is 37.3 Å². The monoisotopic (exact) mass is 390 g/mol. The maximum atomic E-state index is 12.2. The number of ether oxygens (including phenoxy) is 1. The lowest BCUT2D eigenvalue weighted by atomic mass is 9.94. The Morgan fingerprint density at radius 2 is 2.07 bits per heavy atom. The van der Waals surface area contributed by atoms with Gasteiger partial charge in [-0.15, -0.1) is 0 Å². The summed E-state index contributed by atoms with van der Waals surface area (Å²) in [6, 6.07) is 15.5. The number of nitrogens with zero attached hydrogens (tertiary/aromatic N) is 3. The van der Waals surface area contributed by atoms with E-state index in [0.717, 1.165) is 43.9 Å². The lowest BCUT2D eigenvalue weighted by Crippen LogP contribution is -2.34. The van der Waals surface area contributed by atoms with Crippen LogP contribution in [0.4, 0.5) is 0 Å². The summed E-state index contributed by atoms with van der Waals surface area (Å²) < 4.78 is 5.53. The summed E-state index contributed by atoms with van der Waals surface area (Å²) in [5.74, 6) is 1.69. The first-order chi connectivity index (χ1) is 14.2. The third-order valence-electron chi connectivity index (χ3n) is 5.23. The molecule has 0 spiro atoms. The predicted octanol–water partition coefficient (Wildman–Crippen LogP) is 3.61. The first-order valence-electron chi connectivity index (χ1n) is 10.2. The zero-order valence-electron chi connectivity index (χ0n) is 16.7. The van der Waals surface area contributed by atoms with Gasteiger partial charge < -0.3 is 9.72 Å². The van der Waals surface area contributed by atoms with Gasteiger partial charge in [-0.25, -0.2) is 4.98 Å². The van der Waals surface area contributed by atoms with Crippen LogP contribution in [0.25, 0.3) is 11.5 Å². The highest BCUT2D eigenvalue weighted by atomic mass is 16.5. The fraction of sp³-hybridized carbons (Fsp3) is 0.348. The number of hydrogen-bond donors (Lipinski definition) is 1. The van der Waals surface area contributed by atoms with Gasteiger partial charge >= 0.3 is 0 Å². The highest BCUT2D eigenvalue weighted by Gasteiger charge is 2.23. The predicted molar refractivity (Wildman–Crippen MR) is 113 cm³/mol. The maximum absolute atomic E-state index is 12.2. The third-order valence-corrected chi connectivity index (χ3v) is 5.23. The minimum atomic E-state index is -0.126. The second kappa shape index (κ2) is 9.01. The van der Waals surface area contributed by atoms with Crippen molar-refractivity contribution in [3.8, 4) is 17.3 Å². The zero-order chi connectivity index (χ0) is 20.1. The molecule has 0 saturated carbocycles. The molecular formula is C23H26N4O2. The van der Waals surface area contributed by atoms with Gasteiger partial charge in [-0.3, -0.25) is 14.7 Å². The van der Waals surface area contributed by atoms with Crippen molar-refractivity contribution < 1.29 is 4.74 Å². The molecular weight excluding hydrogens is 364 g/mol. The smallest absolute Gasteiger partial charge is 0.251 e. The largest absolute Gasteiger partial charge is 0.494 e. The molecule has 0 radical (unpaired) electrons. The highest BCUT2D eigenvalue weighted by molar-refractivity contribution is 5.48. The van der Waals surface area contributed by atoms with Crippen LogP contribution in [-0.2, 0) is 6.54 Å². The second-order valence-corrected chi connectivity index (χ2v) is 7.39. The number of H-pyrrole nitrogens is 1. The number of aromatic nitrogens is 3. The van der Waals surface area contributed by atoms with E-state index in [4.69, 9.17) is 9.72 Å². The number of benzene rings is 1. The van der Waals surface area contributed by atoms with Gasteiger partial charge in [0.2, 0.25) is 0 Å². The quantitative estimate of drug-likeness (QED) is 0.696. The topological polar surface area (TPSA) is 71.1 Å². The summed E-state index contributed by atoms with van der Waals surface area (Å²) in [4.78, 5) is 26.5. The average molecular weight is 390 g/mol. The molecule has 0 unspecified atom stereocenters. The molecule has 6 heteroatoms. The van der Waals surface area contributed by atoms with Crippen LogP contribution in [0.1, 0.15) is 36.9 Å². The number of aromatic amines is 1. The highest BCUT2D eigenvalue weighted by Crippen LogP contribution is 2.27. The first-order valence-corrected chi connectivity index (χ1v) is 10.2. The molecule has 0 bridgehead atoms. The van der Waals surface area contributed by atoms with Crippen LogP contribution in [0.2, 0.25) is 0 Å². The molecule has 1 aromatic carbocycles. The van der Waals surface area contributed by atoms with Crippen molar-refractivity contribution in [2.75, 3.05) is 19.7 Å². The van der Waals surface area contributed by atoms with Crippen LogP contribution in [0.5, 0.6) is 5.75 Å². The van der Waals surface area contributed by atoms with E-state index >= 15 is 0 Å². The van der Waals surface area contributed by atoms with Crippen molar-refractivity contribution in [2.24, 2.45) is 0 Å². The van der Waals surface area contributed by atoms with E-state index in [9.17, 15) is 4.79 Å². The summed E-state index contributed by atoms with van der Waals surface area (Å²) in [6.07, 6.45) is 3.84. The van der Waals surface area contributed by atoms with Gasteiger partial charge in [-0.05, 0) is 56.1 Å². The molecule has 29 heavy (non-hydrogen) atoms. The lowest BCUT2D eigenvalue weighted by Gasteiger charge is -2.32. The molecule has 1 atom stereocenters. The van der Waals surface area contributed by atoms with Crippen molar-refractivity contribution in [1.29, 1.82) is 0 Å². The van der Waals surface area contributed by atoms with E-state index < -0.39 is 0 Å². The molecule has 6 nitrogen and oxygen atoms in total. The van der Waals surface area contributed by atoms with Crippen LogP contribution in [0, 0.1) is 0 Å². The first kappa shape index (κ1) is 19.3. The Balaban J connectivity index is 1.48. The SMILES string of the molecule is CCOc1ccc(CN2CCC[C@H](c3cc(=O)[nH]c(-c4ccccn4)n3)C2)cc1. The lowest BCUT2D eigenvalue weighted by molar-refractivity contribution is 0.198. The van der Waals surface area contributed by atoms with Crippen molar-refractivity contribution in [3.05, 3.63) is 76.3 Å². The molecule has 3 heterocycles.